The number of aromatic nitrogens is 1. The van der Waals surface area contributed by atoms with Crippen molar-refractivity contribution in [1.82, 2.24) is 10.3 Å². The molecule has 2 aromatic rings. The summed E-state index contributed by atoms with van der Waals surface area (Å²) in [4.78, 5) is 29.2. The molecule has 2 N–H and O–H groups in total. The van der Waals surface area contributed by atoms with Crippen LogP contribution in [0.1, 0.15) is 47.9 Å². The molecule has 1 atom stereocenters. The van der Waals surface area contributed by atoms with E-state index in [-0.39, 0.29) is 16.8 Å². The van der Waals surface area contributed by atoms with Crippen LogP contribution < -0.4 is 5.32 Å². The molecular formula is C13H14N2O3S2. The molecule has 0 radical (unpaired) electrons. The summed E-state index contributed by atoms with van der Waals surface area (Å²) in [5.74, 6) is -1.15. The second-order valence-electron chi connectivity index (χ2n) is 4.38. The van der Waals surface area contributed by atoms with Crippen molar-refractivity contribution in [2.24, 2.45) is 0 Å². The number of nitrogens with one attached hydrogen (secondary N) is 1. The molecule has 7 heteroatoms. The molecule has 1 amide bonds. The van der Waals surface area contributed by atoms with Gasteiger partial charge in [-0.2, -0.15) is 0 Å². The third kappa shape index (κ3) is 3.05. The monoisotopic (exact) mass is 310 g/mol. The molecule has 0 saturated carbocycles. The van der Waals surface area contributed by atoms with E-state index in [1.54, 1.807) is 19.9 Å². The Kier molecular flexibility index (Phi) is 4.20. The van der Waals surface area contributed by atoms with Crippen molar-refractivity contribution in [3.63, 3.8) is 0 Å². The van der Waals surface area contributed by atoms with Gasteiger partial charge in [-0.15, -0.1) is 22.7 Å². The Labute approximate surface area is 124 Å². The zero-order valence-electron chi connectivity index (χ0n) is 11.3. The average molecular weight is 310 g/mol. The van der Waals surface area contributed by atoms with Gasteiger partial charge in [0.2, 0.25) is 0 Å². The fraction of sp³-hybridized carbons (Fsp3) is 0.308. The topological polar surface area (TPSA) is 79.3 Å². The molecular weight excluding hydrogens is 296 g/mol. The number of amides is 1. The molecule has 0 unspecified atom stereocenters. The molecule has 0 aliphatic rings. The average Bonchev–Trinajstić information content (AvgIpc) is 2.95. The highest BCUT2D eigenvalue weighted by Crippen LogP contribution is 2.24. The van der Waals surface area contributed by atoms with Crippen LogP contribution in [0.5, 0.6) is 0 Å². The van der Waals surface area contributed by atoms with Crippen LogP contribution in [0.4, 0.5) is 0 Å². The summed E-state index contributed by atoms with van der Waals surface area (Å²) in [5, 5.41) is 12.4. The number of hydrogen-bond donors (Lipinski definition) is 2. The first-order valence-corrected chi connectivity index (χ1v) is 7.59. The molecule has 106 valence electrons. The molecule has 0 bridgehead atoms. The van der Waals surface area contributed by atoms with Gasteiger partial charge in [-0.05, 0) is 32.9 Å². The van der Waals surface area contributed by atoms with Crippen LogP contribution >= 0.6 is 22.7 Å². The van der Waals surface area contributed by atoms with E-state index >= 15 is 0 Å². The van der Waals surface area contributed by atoms with Crippen molar-refractivity contribution in [3.05, 3.63) is 37.5 Å². The van der Waals surface area contributed by atoms with Crippen molar-refractivity contribution in [1.29, 1.82) is 0 Å². The standard InChI is InChI=1S/C13H14N2O3S2/c1-6-4-5-9(19-6)11(16)14-8(3)12-15-7(2)10(20-12)13(17)18/h4-5,8H,1-3H3,(H,14,16)(H,17,18)/t8-/m0/s1. The van der Waals surface area contributed by atoms with E-state index in [2.05, 4.69) is 10.3 Å². The quantitative estimate of drug-likeness (QED) is 0.910. The lowest BCUT2D eigenvalue weighted by atomic mass is 10.3. The number of carbonyl (C=O) groups excluding carboxylic acids is 1. The molecule has 0 fully saturated rings. The summed E-state index contributed by atoms with van der Waals surface area (Å²) >= 11 is 2.52. The lowest BCUT2D eigenvalue weighted by molar-refractivity contribution is 0.0701. The van der Waals surface area contributed by atoms with Gasteiger partial charge < -0.3 is 10.4 Å². The molecule has 2 rings (SSSR count). The van der Waals surface area contributed by atoms with Gasteiger partial charge in [0.05, 0.1) is 16.6 Å². The maximum absolute atomic E-state index is 12.0. The largest absolute Gasteiger partial charge is 0.477 e. The van der Waals surface area contributed by atoms with Crippen molar-refractivity contribution >= 4 is 34.6 Å². The van der Waals surface area contributed by atoms with Gasteiger partial charge in [-0.1, -0.05) is 0 Å². The first kappa shape index (κ1) is 14.7. The van der Waals surface area contributed by atoms with Crippen LogP contribution in [-0.2, 0) is 0 Å². The summed E-state index contributed by atoms with van der Waals surface area (Å²) in [6.07, 6.45) is 0. The van der Waals surface area contributed by atoms with E-state index in [0.717, 1.165) is 16.2 Å². The van der Waals surface area contributed by atoms with Gasteiger partial charge in [0.25, 0.3) is 5.91 Å². The molecule has 0 aliphatic carbocycles. The molecule has 5 nitrogen and oxygen atoms in total. The van der Waals surface area contributed by atoms with Gasteiger partial charge in [-0.3, -0.25) is 4.79 Å². The van der Waals surface area contributed by atoms with Crippen molar-refractivity contribution in [3.8, 4) is 0 Å². The van der Waals surface area contributed by atoms with E-state index in [0.29, 0.717) is 15.6 Å². The lowest BCUT2D eigenvalue weighted by Crippen LogP contribution is -2.25. The highest BCUT2D eigenvalue weighted by Gasteiger charge is 2.20. The van der Waals surface area contributed by atoms with Gasteiger partial charge in [0.1, 0.15) is 9.88 Å². The third-order valence-corrected chi connectivity index (χ3v) is 5.02. The number of nitrogens with zero attached hydrogens (tertiary/aromatic N) is 1. The minimum absolute atomic E-state index is 0.166. The predicted octanol–water partition coefficient (Wildman–Crippen LogP) is 3.01. The molecule has 0 spiro atoms. The highest BCUT2D eigenvalue weighted by molar-refractivity contribution is 7.14. The number of hydrogen-bond acceptors (Lipinski definition) is 5. The van der Waals surface area contributed by atoms with E-state index in [9.17, 15) is 9.59 Å². The number of rotatable bonds is 4. The number of aromatic carboxylic acids is 1. The fourth-order valence-corrected chi connectivity index (χ4v) is 3.37. The minimum Gasteiger partial charge on any atom is -0.477 e. The zero-order chi connectivity index (χ0) is 14.9. The molecule has 0 aromatic carbocycles. The summed E-state index contributed by atoms with van der Waals surface area (Å²) in [7, 11) is 0. The SMILES string of the molecule is Cc1ccc(C(=O)N[C@@H](C)c2nc(C)c(C(=O)O)s2)s1. The fourth-order valence-electron chi connectivity index (χ4n) is 1.69. The van der Waals surface area contributed by atoms with Crippen molar-refractivity contribution in [2.75, 3.05) is 0 Å². The molecule has 2 heterocycles. The Balaban J connectivity index is 2.12. The number of thiazole rings is 1. The van der Waals surface area contributed by atoms with Crippen LogP contribution in [0.3, 0.4) is 0 Å². The second kappa shape index (κ2) is 5.72. The predicted molar refractivity (Wildman–Crippen MR) is 78.7 cm³/mol. The second-order valence-corrected chi connectivity index (χ2v) is 6.70. The summed E-state index contributed by atoms with van der Waals surface area (Å²) < 4.78 is 0. The maximum atomic E-state index is 12.0. The van der Waals surface area contributed by atoms with Crippen LogP contribution in [0.25, 0.3) is 0 Å². The molecule has 20 heavy (non-hydrogen) atoms. The van der Waals surface area contributed by atoms with E-state index < -0.39 is 5.97 Å². The number of thiophene rings is 1. The van der Waals surface area contributed by atoms with Crippen LogP contribution in [0.2, 0.25) is 0 Å². The number of carbonyl (C=O) groups is 2. The Morgan fingerprint density at radius 1 is 1.30 bits per heavy atom. The van der Waals surface area contributed by atoms with Crippen LogP contribution in [0.15, 0.2) is 12.1 Å². The molecule has 0 saturated heterocycles. The lowest BCUT2D eigenvalue weighted by Gasteiger charge is -2.09. The smallest absolute Gasteiger partial charge is 0.347 e. The Morgan fingerprint density at radius 3 is 2.50 bits per heavy atom. The Morgan fingerprint density at radius 2 is 2.00 bits per heavy atom. The summed E-state index contributed by atoms with van der Waals surface area (Å²) in [5.41, 5.74) is 0.477. The van der Waals surface area contributed by atoms with Crippen molar-refractivity contribution in [2.45, 2.75) is 26.8 Å². The maximum Gasteiger partial charge on any atom is 0.347 e. The van der Waals surface area contributed by atoms with E-state index in [1.807, 2.05) is 13.0 Å². The van der Waals surface area contributed by atoms with Crippen molar-refractivity contribution < 1.29 is 14.7 Å². The number of carboxylic acids is 1. The van der Waals surface area contributed by atoms with Gasteiger partial charge in [0, 0.05) is 4.88 Å². The normalized spacial score (nSPS) is 12.2. The number of aryl methyl sites for hydroxylation is 2. The first-order valence-electron chi connectivity index (χ1n) is 5.96. The number of carboxylic acid groups (broad SMARTS) is 1. The van der Waals surface area contributed by atoms with Crippen LogP contribution in [0, 0.1) is 13.8 Å². The summed E-state index contributed by atoms with van der Waals surface area (Å²) in [6.45, 7) is 5.39. The summed E-state index contributed by atoms with van der Waals surface area (Å²) in [6, 6.07) is 3.35. The zero-order valence-corrected chi connectivity index (χ0v) is 12.9. The minimum atomic E-state index is -0.987. The first-order chi connectivity index (χ1) is 9.38. The highest BCUT2D eigenvalue weighted by atomic mass is 32.1. The van der Waals surface area contributed by atoms with Gasteiger partial charge >= 0.3 is 5.97 Å². The Hall–Kier alpha value is -1.73. The van der Waals surface area contributed by atoms with Gasteiger partial charge in [-0.25, -0.2) is 9.78 Å². The molecule has 0 aliphatic heterocycles. The molecule has 2 aromatic heterocycles. The van der Waals surface area contributed by atoms with Crippen LogP contribution in [-0.4, -0.2) is 22.0 Å². The van der Waals surface area contributed by atoms with E-state index in [1.165, 1.54) is 11.3 Å². The van der Waals surface area contributed by atoms with E-state index in [4.69, 9.17) is 5.11 Å². The third-order valence-electron chi connectivity index (χ3n) is 2.69. The Bertz CT molecular complexity index is 660. The van der Waals surface area contributed by atoms with Gasteiger partial charge in [0.15, 0.2) is 0 Å².